The fraction of sp³-hybridized carbons (Fsp3) is 0.714. The number of nitrogens with one attached hydrogen (secondary N) is 1. The summed E-state index contributed by atoms with van der Waals surface area (Å²) in [5.41, 5.74) is -0.0400. The molecule has 1 rings (SSSR count). The first-order valence-electron chi connectivity index (χ1n) is 7.53. The lowest BCUT2D eigenvalue weighted by atomic mass is 10.2. The molecule has 1 aromatic heterocycles. The van der Waals surface area contributed by atoms with E-state index in [0.717, 1.165) is 25.8 Å². The van der Waals surface area contributed by atoms with Gasteiger partial charge in [0.05, 0.1) is 4.92 Å². The predicted molar refractivity (Wildman–Crippen MR) is 84.9 cm³/mol. The van der Waals surface area contributed by atoms with Gasteiger partial charge in [0.1, 0.15) is 6.20 Å². The van der Waals surface area contributed by atoms with E-state index in [4.69, 9.17) is 0 Å². The first kappa shape index (κ1) is 17.1. The molecule has 0 fully saturated rings. The van der Waals surface area contributed by atoms with Crippen LogP contribution < -0.4 is 10.2 Å². The smallest absolute Gasteiger partial charge is 0.329 e. The second kappa shape index (κ2) is 8.39. The van der Waals surface area contributed by atoms with Crippen molar-refractivity contribution in [3.05, 3.63) is 16.3 Å². The van der Waals surface area contributed by atoms with Gasteiger partial charge in [0.2, 0.25) is 11.8 Å². The molecule has 1 heterocycles. The molecule has 0 aliphatic carbocycles. The van der Waals surface area contributed by atoms with Gasteiger partial charge in [-0.2, -0.15) is 4.98 Å². The second-order valence-corrected chi connectivity index (χ2v) is 5.18. The topological polar surface area (TPSA) is 84.2 Å². The summed E-state index contributed by atoms with van der Waals surface area (Å²) in [6.07, 6.45) is 4.49. The Hall–Kier alpha value is -1.92. The van der Waals surface area contributed by atoms with Crippen molar-refractivity contribution >= 4 is 17.5 Å². The molecule has 0 bridgehead atoms. The van der Waals surface area contributed by atoms with Crippen molar-refractivity contribution in [2.45, 2.75) is 53.0 Å². The third-order valence-corrected chi connectivity index (χ3v) is 3.18. The molecule has 0 unspecified atom stereocenters. The van der Waals surface area contributed by atoms with Crippen LogP contribution in [0.1, 0.15) is 47.0 Å². The molecule has 1 N–H and O–H groups in total. The molecule has 7 nitrogen and oxygen atoms in total. The standard InChI is InChI=1S/C14H25N5O2/c1-5-7-8-9-18(11(3)4)13-12(19(20)21)10-16-14(17-13)15-6-2/h10-11H,5-9H2,1-4H3,(H,15,16,17). The zero-order chi connectivity index (χ0) is 15.8. The van der Waals surface area contributed by atoms with Crippen molar-refractivity contribution in [1.29, 1.82) is 0 Å². The summed E-state index contributed by atoms with van der Waals surface area (Å²) in [7, 11) is 0. The van der Waals surface area contributed by atoms with E-state index in [1.165, 1.54) is 6.20 Å². The van der Waals surface area contributed by atoms with Crippen LogP contribution in [0.4, 0.5) is 17.5 Å². The van der Waals surface area contributed by atoms with Crippen LogP contribution >= 0.6 is 0 Å². The van der Waals surface area contributed by atoms with Crippen molar-refractivity contribution in [2.75, 3.05) is 23.3 Å². The minimum atomic E-state index is -0.416. The molecule has 118 valence electrons. The Kier molecular flexibility index (Phi) is 6.84. The number of hydrogen-bond acceptors (Lipinski definition) is 6. The van der Waals surface area contributed by atoms with Gasteiger partial charge in [-0.3, -0.25) is 10.1 Å². The summed E-state index contributed by atoms with van der Waals surface area (Å²) >= 11 is 0. The van der Waals surface area contributed by atoms with Crippen LogP contribution in [-0.4, -0.2) is 34.0 Å². The summed E-state index contributed by atoms with van der Waals surface area (Å²) < 4.78 is 0. The molecule has 0 spiro atoms. The molecule has 7 heteroatoms. The Labute approximate surface area is 125 Å². The average molecular weight is 295 g/mol. The summed E-state index contributed by atoms with van der Waals surface area (Å²) in [4.78, 5) is 21.1. The van der Waals surface area contributed by atoms with Crippen LogP contribution in [0.3, 0.4) is 0 Å². The Morgan fingerprint density at radius 3 is 2.62 bits per heavy atom. The Balaban J connectivity index is 3.12. The van der Waals surface area contributed by atoms with Gasteiger partial charge in [0.15, 0.2) is 0 Å². The van der Waals surface area contributed by atoms with Crippen molar-refractivity contribution in [3.63, 3.8) is 0 Å². The Morgan fingerprint density at radius 2 is 2.10 bits per heavy atom. The lowest BCUT2D eigenvalue weighted by molar-refractivity contribution is -0.384. The molecule has 0 saturated heterocycles. The normalized spacial score (nSPS) is 10.7. The van der Waals surface area contributed by atoms with E-state index >= 15 is 0 Å². The highest BCUT2D eigenvalue weighted by Gasteiger charge is 2.24. The van der Waals surface area contributed by atoms with Gasteiger partial charge in [-0.25, -0.2) is 4.98 Å². The largest absolute Gasteiger partial charge is 0.354 e. The van der Waals surface area contributed by atoms with Crippen LogP contribution in [0.15, 0.2) is 6.20 Å². The fourth-order valence-corrected chi connectivity index (χ4v) is 2.09. The van der Waals surface area contributed by atoms with Crippen LogP contribution in [0.5, 0.6) is 0 Å². The number of aromatic nitrogens is 2. The highest BCUT2D eigenvalue weighted by atomic mass is 16.6. The zero-order valence-corrected chi connectivity index (χ0v) is 13.3. The third kappa shape index (κ3) is 4.84. The maximum absolute atomic E-state index is 11.2. The molecule has 1 aromatic rings. The van der Waals surface area contributed by atoms with E-state index < -0.39 is 4.92 Å². The number of rotatable bonds is 9. The highest BCUT2D eigenvalue weighted by molar-refractivity contribution is 5.59. The van der Waals surface area contributed by atoms with E-state index in [-0.39, 0.29) is 11.7 Å². The number of unbranched alkanes of at least 4 members (excludes halogenated alkanes) is 2. The zero-order valence-electron chi connectivity index (χ0n) is 13.3. The van der Waals surface area contributed by atoms with E-state index in [9.17, 15) is 10.1 Å². The average Bonchev–Trinajstić information content (AvgIpc) is 2.43. The van der Waals surface area contributed by atoms with Crippen LogP contribution in [0, 0.1) is 10.1 Å². The lowest BCUT2D eigenvalue weighted by Gasteiger charge is -2.27. The Bertz CT molecular complexity index is 465. The van der Waals surface area contributed by atoms with Crippen LogP contribution in [-0.2, 0) is 0 Å². The number of hydrogen-bond donors (Lipinski definition) is 1. The first-order valence-corrected chi connectivity index (χ1v) is 7.53. The van der Waals surface area contributed by atoms with Crippen LogP contribution in [0.25, 0.3) is 0 Å². The second-order valence-electron chi connectivity index (χ2n) is 5.18. The van der Waals surface area contributed by atoms with E-state index in [0.29, 0.717) is 18.3 Å². The van der Waals surface area contributed by atoms with Gasteiger partial charge < -0.3 is 10.2 Å². The summed E-state index contributed by atoms with van der Waals surface area (Å²) in [5, 5.41) is 14.2. The summed E-state index contributed by atoms with van der Waals surface area (Å²) in [5.74, 6) is 0.830. The van der Waals surface area contributed by atoms with Crippen molar-refractivity contribution in [3.8, 4) is 0 Å². The summed E-state index contributed by atoms with van der Waals surface area (Å²) in [6.45, 7) is 9.54. The van der Waals surface area contributed by atoms with Crippen molar-refractivity contribution in [2.24, 2.45) is 0 Å². The first-order chi connectivity index (χ1) is 10.0. The van der Waals surface area contributed by atoms with Gasteiger partial charge in [0, 0.05) is 19.1 Å². The van der Waals surface area contributed by atoms with E-state index in [1.54, 1.807) is 0 Å². The minimum Gasteiger partial charge on any atom is -0.354 e. The van der Waals surface area contributed by atoms with Gasteiger partial charge in [-0.15, -0.1) is 0 Å². The fourth-order valence-electron chi connectivity index (χ4n) is 2.09. The number of anilines is 2. The molecule has 0 atom stereocenters. The lowest BCUT2D eigenvalue weighted by Crippen LogP contribution is -2.33. The highest BCUT2D eigenvalue weighted by Crippen LogP contribution is 2.28. The number of nitrogens with zero attached hydrogens (tertiary/aromatic N) is 4. The molecule has 0 radical (unpaired) electrons. The van der Waals surface area contributed by atoms with Gasteiger partial charge in [-0.1, -0.05) is 19.8 Å². The monoisotopic (exact) mass is 295 g/mol. The van der Waals surface area contributed by atoms with E-state index in [2.05, 4.69) is 22.2 Å². The molecule has 0 aromatic carbocycles. The van der Waals surface area contributed by atoms with Gasteiger partial charge >= 0.3 is 5.69 Å². The SMILES string of the molecule is CCCCCN(c1nc(NCC)ncc1[N+](=O)[O-])C(C)C. The molecule has 0 saturated carbocycles. The predicted octanol–water partition coefficient (Wildman–Crippen LogP) is 3.22. The van der Waals surface area contributed by atoms with E-state index in [1.807, 2.05) is 25.7 Å². The van der Waals surface area contributed by atoms with Gasteiger partial charge in [0.25, 0.3) is 0 Å². The quantitative estimate of drug-likeness (QED) is 0.428. The van der Waals surface area contributed by atoms with Crippen molar-refractivity contribution < 1.29 is 4.92 Å². The number of nitro groups is 1. The molecule has 0 aliphatic heterocycles. The van der Waals surface area contributed by atoms with Crippen molar-refractivity contribution in [1.82, 2.24) is 9.97 Å². The van der Waals surface area contributed by atoms with Gasteiger partial charge in [-0.05, 0) is 27.2 Å². The third-order valence-electron chi connectivity index (χ3n) is 3.18. The van der Waals surface area contributed by atoms with Crippen LogP contribution in [0.2, 0.25) is 0 Å². The molecule has 0 amide bonds. The minimum absolute atomic E-state index is 0.0400. The molecular formula is C14H25N5O2. The maximum Gasteiger partial charge on any atom is 0.329 e. The Morgan fingerprint density at radius 1 is 1.38 bits per heavy atom. The maximum atomic E-state index is 11.2. The molecule has 0 aliphatic rings. The molecule has 21 heavy (non-hydrogen) atoms. The summed E-state index contributed by atoms with van der Waals surface area (Å²) in [6, 6.07) is 0.143. The molecular weight excluding hydrogens is 270 g/mol.